The molecule has 8 nitrogen and oxygen atoms in total. The Kier molecular flexibility index (Phi) is 6.97. The van der Waals surface area contributed by atoms with Gasteiger partial charge in [0.2, 0.25) is 0 Å². The van der Waals surface area contributed by atoms with Crippen molar-refractivity contribution in [2.75, 3.05) is 25.6 Å². The number of H-pyrrole nitrogens is 1. The van der Waals surface area contributed by atoms with Gasteiger partial charge in [0.05, 0.1) is 18.4 Å². The first kappa shape index (κ1) is 19.7. The van der Waals surface area contributed by atoms with Crippen molar-refractivity contribution < 1.29 is 19.1 Å². The van der Waals surface area contributed by atoms with Crippen molar-refractivity contribution in [2.45, 2.75) is 40.2 Å². The smallest absolute Gasteiger partial charge is 0.340 e. The first-order valence-corrected chi connectivity index (χ1v) is 8.68. The molecule has 2 heterocycles. The fraction of sp³-hybridized carbons (Fsp3) is 0.500. The largest absolute Gasteiger partial charge is 0.460 e. The lowest BCUT2D eigenvalue weighted by Crippen LogP contribution is -2.17. The number of amides is 1. The fourth-order valence-electron chi connectivity index (χ4n) is 2.68. The number of nitrogens with one attached hydrogen (secondary N) is 2. The molecule has 2 aromatic heterocycles. The number of anilines is 1. The number of carbonyl (C=O) groups is 2. The molecule has 0 aliphatic rings. The van der Waals surface area contributed by atoms with E-state index in [4.69, 9.17) is 9.47 Å². The summed E-state index contributed by atoms with van der Waals surface area (Å²) in [7, 11) is 1.54. The average Bonchev–Trinajstić information content (AvgIpc) is 3.16. The Morgan fingerprint density at radius 3 is 2.77 bits per heavy atom. The molecule has 0 fully saturated rings. The van der Waals surface area contributed by atoms with Crippen LogP contribution in [0.2, 0.25) is 0 Å². The Balaban J connectivity index is 2.14. The van der Waals surface area contributed by atoms with Gasteiger partial charge in [-0.3, -0.25) is 4.79 Å². The number of aromatic amines is 1. The molecule has 2 N–H and O–H groups in total. The number of hydrogen-bond donors (Lipinski definition) is 2. The van der Waals surface area contributed by atoms with E-state index in [0.717, 1.165) is 19.4 Å². The predicted octanol–water partition coefficient (Wildman–Crippen LogP) is 2.68. The number of hydrogen-bond acceptors (Lipinski definition) is 5. The maximum Gasteiger partial charge on any atom is 0.340 e. The van der Waals surface area contributed by atoms with E-state index in [2.05, 4.69) is 22.3 Å². The van der Waals surface area contributed by atoms with Crippen LogP contribution in [0.3, 0.4) is 0 Å². The van der Waals surface area contributed by atoms with Crippen LogP contribution in [0.1, 0.15) is 51.9 Å². The zero-order valence-corrected chi connectivity index (χ0v) is 15.7. The van der Waals surface area contributed by atoms with Gasteiger partial charge in [-0.2, -0.15) is 5.10 Å². The summed E-state index contributed by atoms with van der Waals surface area (Å²) in [6.45, 7) is 6.78. The Bertz CT molecular complexity index is 763. The Morgan fingerprint density at radius 2 is 2.08 bits per heavy atom. The summed E-state index contributed by atoms with van der Waals surface area (Å²) in [6, 6.07) is 1.75. The molecule has 1 amide bonds. The predicted molar refractivity (Wildman–Crippen MR) is 97.5 cm³/mol. The normalized spacial score (nSPS) is 10.8. The van der Waals surface area contributed by atoms with E-state index >= 15 is 0 Å². The van der Waals surface area contributed by atoms with Gasteiger partial charge in [0.15, 0.2) is 0 Å². The summed E-state index contributed by atoms with van der Waals surface area (Å²) >= 11 is 0. The van der Waals surface area contributed by atoms with E-state index in [-0.39, 0.29) is 12.5 Å². The number of methoxy groups -OCH3 is 1. The third-order valence-electron chi connectivity index (χ3n) is 4.07. The minimum atomic E-state index is -0.472. The van der Waals surface area contributed by atoms with Crippen molar-refractivity contribution in [1.82, 2.24) is 14.8 Å². The highest BCUT2D eigenvalue weighted by molar-refractivity contribution is 6.06. The second kappa shape index (κ2) is 9.19. The lowest BCUT2D eigenvalue weighted by molar-refractivity contribution is 0.0387. The number of rotatable bonds is 9. The van der Waals surface area contributed by atoms with Crippen LogP contribution in [0.15, 0.2) is 12.3 Å². The van der Waals surface area contributed by atoms with Crippen molar-refractivity contribution in [1.29, 1.82) is 0 Å². The number of aryl methyl sites for hydroxylation is 2. The van der Waals surface area contributed by atoms with Crippen molar-refractivity contribution in [2.24, 2.45) is 0 Å². The molecule has 0 spiro atoms. The Hall–Kier alpha value is -2.61. The topological polar surface area (TPSA) is 98.2 Å². The SMILES string of the molecule is CCCCn1nccc1NC(=O)c1[nH]c(C)c(C(=O)OCCOC)c1C. The van der Waals surface area contributed by atoms with E-state index in [1.165, 1.54) is 7.11 Å². The molecule has 142 valence electrons. The molecule has 2 aromatic rings. The highest BCUT2D eigenvalue weighted by Gasteiger charge is 2.23. The van der Waals surface area contributed by atoms with Crippen molar-refractivity contribution >= 4 is 17.7 Å². The quantitative estimate of drug-likeness (QED) is 0.528. The average molecular weight is 362 g/mol. The monoisotopic (exact) mass is 362 g/mol. The second-order valence-electron chi connectivity index (χ2n) is 6.00. The number of ether oxygens (including phenoxy) is 2. The molecule has 0 saturated heterocycles. The summed E-state index contributed by atoms with van der Waals surface area (Å²) < 4.78 is 11.8. The molecule has 26 heavy (non-hydrogen) atoms. The third kappa shape index (κ3) is 4.51. The highest BCUT2D eigenvalue weighted by Crippen LogP contribution is 2.20. The van der Waals surface area contributed by atoms with Crippen LogP contribution in [-0.2, 0) is 16.0 Å². The van der Waals surface area contributed by atoms with Gasteiger partial charge < -0.3 is 19.8 Å². The molecule has 0 atom stereocenters. The van der Waals surface area contributed by atoms with Gasteiger partial charge in [-0.25, -0.2) is 9.48 Å². The summed E-state index contributed by atoms with van der Waals surface area (Å²) in [5.74, 6) is -0.167. The van der Waals surface area contributed by atoms with Crippen LogP contribution in [0.25, 0.3) is 0 Å². The molecule has 0 aromatic carbocycles. The van der Waals surface area contributed by atoms with Crippen LogP contribution in [0.5, 0.6) is 0 Å². The molecular weight excluding hydrogens is 336 g/mol. The zero-order chi connectivity index (χ0) is 19.1. The van der Waals surface area contributed by atoms with Gasteiger partial charge in [-0.05, 0) is 25.8 Å². The van der Waals surface area contributed by atoms with Crippen LogP contribution >= 0.6 is 0 Å². The summed E-state index contributed by atoms with van der Waals surface area (Å²) in [6.07, 6.45) is 3.66. The fourth-order valence-corrected chi connectivity index (χ4v) is 2.68. The van der Waals surface area contributed by atoms with E-state index < -0.39 is 5.97 Å². The van der Waals surface area contributed by atoms with Crippen LogP contribution in [0, 0.1) is 13.8 Å². The van der Waals surface area contributed by atoms with E-state index in [1.807, 2.05) is 0 Å². The van der Waals surface area contributed by atoms with Crippen LogP contribution in [-0.4, -0.2) is 47.0 Å². The van der Waals surface area contributed by atoms with Gasteiger partial charge in [0.1, 0.15) is 18.1 Å². The number of esters is 1. The molecule has 0 saturated carbocycles. The van der Waals surface area contributed by atoms with Crippen molar-refractivity contribution in [3.63, 3.8) is 0 Å². The van der Waals surface area contributed by atoms with Gasteiger partial charge in [0.25, 0.3) is 5.91 Å². The Morgan fingerprint density at radius 1 is 1.31 bits per heavy atom. The highest BCUT2D eigenvalue weighted by atomic mass is 16.6. The standard InChI is InChI=1S/C18H26N4O4/c1-5-6-9-22-14(7-8-19-22)21-17(23)16-12(2)15(13(3)20-16)18(24)26-11-10-25-4/h7-8,20H,5-6,9-11H2,1-4H3,(H,21,23). The minimum absolute atomic E-state index is 0.164. The molecule has 0 aliphatic carbocycles. The molecule has 8 heteroatoms. The zero-order valence-electron chi connectivity index (χ0n) is 15.7. The van der Waals surface area contributed by atoms with Crippen molar-refractivity contribution in [3.05, 3.63) is 34.8 Å². The van der Waals surface area contributed by atoms with E-state index in [1.54, 1.807) is 30.8 Å². The number of carbonyl (C=O) groups excluding carboxylic acids is 2. The molecular formula is C18H26N4O4. The number of unbranched alkanes of at least 4 members (excludes halogenated alkanes) is 1. The summed E-state index contributed by atoms with van der Waals surface area (Å²) in [4.78, 5) is 27.9. The van der Waals surface area contributed by atoms with Crippen molar-refractivity contribution in [3.8, 4) is 0 Å². The minimum Gasteiger partial charge on any atom is -0.460 e. The third-order valence-corrected chi connectivity index (χ3v) is 4.07. The lowest BCUT2D eigenvalue weighted by atomic mass is 10.1. The first-order chi connectivity index (χ1) is 12.5. The van der Waals surface area contributed by atoms with Gasteiger partial charge in [-0.15, -0.1) is 0 Å². The summed E-state index contributed by atoms with van der Waals surface area (Å²) in [5.41, 5.74) is 1.87. The van der Waals surface area contributed by atoms with E-state index in [0.29, 0.717) is 34.9 Å². The lowest BCUT2D eigenvalue weighted by Gasteiger charge is -2.08. The molecule has 0 aliphatic heterocycles. The van der Waals surface area contributed by atoms with Crippen LogP contribution in [0.4, 0.5) is 5.82 Å². The molecule has 0 bridgehead atoms. The van der Waals surface area contributed by atoms with E-state index in [9.17, 15) is 9.59 Å². The molecule has 0 radical (unpaired) electrons. The Labute approximate surface area is 152 Å². The maximum atomic E-state index is 12.7. The molecule has 0 unspecified atom stereocenters. The molecule has 2 rings (SSSR count). The summed E-state index contributed by atoms with van der Waals surface area (Å²) in [5, 5.41) is 7.07. The van der Waals surface area contributed by atoms with Gasteiger partial charge >= 0.3 is 5.97 Å². The number of nitrogens with zero attached hydrogens (tertiary/aromatic N) is 2. The van der Waals surface area contributed by atoms with Gasteiger partial charge in [0, 0.05) is 25.4 Å². The maximum absolute atomic E-state index is 12.7. The van der Waals surface area contributed by atoms with Gasteiger partial charge in [-0.1, -0.05) is 13.3 Å². The van der Waals surface area contributed by atoms with Crippen LogP contribution < -0.4 is 5.32 Å². The second-order valence-corrected chi connectivity index (χ2v) is 6.00. The first-order valence-electron chi connectivity index (χ1n) is 8.68. The number of aromatic nitrogens is 3.